The van der Waals surface area contributed by atoms with Gasteiger partial charge in [-0.05, 0) is 30.1 Å². The molecule has 5 nitrogen and oxygen atoms in total. The van der Waals surface area contributed by atoms with Crippen LogP contribution >= 0.6 is 0 Å². The molecule has 2 aliphatic rings. The smallest absolute Gasteiger partial charge is 0.276 e. The summed E-state index contributed by atoms with van der Waals surface area (Å²) in [5, 5.41) is 0. The Hall–Kier alpha value is -1.52. The normalized spacial score (nSPS) is 32.6. The van der Waals surface area contributed by atoms with Crippen molar-refractivity contribution in [2.45, 2.75) is 46.1 Å². The first-order chi connectivity index (χ1) is 8.80. The zero-order valence-electron chi connectivity index (χ0n) is 11.9. The molecular weight excluding hydrogens is 240 g/mol. The van der Waals surface area contributed by atoms with Crippen molar-refractivity contribution in [3.63, 3.8) is 0 Å². The molecular formula is C14H22N4O. The molecule has 3 N–H and O–H groups in total. The van der Waals surface area contributed by atoms with Crippen LogP contribution in [0.25, 0.3) is 0 Å². The van der Waals surface area contributed by atoms with Crippen molar-refractivity contribution in [3.05, 3.63) is 16.7 Å². The molecule has 0 spiro atoms. The summed E-state index contributed by atoms with van der Waals surface area (Å²) >= 11 is 0. The van der Waals surface area contributed by atoms with E-state index in [0.717, 1.165) is 13.0 Å². The summed E-state index contributed by atoms with van der Waals surface area (Å²) in [5.74, 6) is 0.662. The first-order valence-corrected chi connectivity index (χ1v) is 6.90. The largest absolute Gasteiger partial charge is 0.391 e. The maximum absolute atomic E-state index is 11.6. The Morgan fingerprint density at radius 2 is 2.16 bits per heavy atom. The van der Waals surface area contributed by atoms with Gasteiger partial charge >= 0.3 is 0 Å². The highest BCUT2D eigenvalue weighted by Gasteiger charge is 2.50. The number of nitrogens with one attached hydrogen (secondary N) is 1. The maximum atomic E-state index is 11.6. The van der Waals surface area contributed by atoms with E-state index < -0.39 is 0 Å². The Morgan fingerprint density at radius 3 is 2.89 bits per heavy atom. The second kappa shape index (κ2) is 3.74. The summed E-state index contributed by atoms with van der Waals surface area (Å²) in [5.41, 5.74) is 6.57. The molecule has 2 heterocycles. The van der Waals surface area contributed by atoms with Crippen molar-refractivity contribution >= 4 is 11.5 Å². The number of nitrogens with two attached hydrogens (primary N) is 1. The van der Waals surface area contributed by atoms with E-state index in [2.05, 4.69) is 35.6 Å². The molecule has 1 aromatic heterocycles. The molecule has 2 bridgehead atoms. The highest BCUT2D eigenvalue weighted by molar-refractivity contribution is 5.62. The molecule has 3 rings (SSSR count). The lowest BCUT2D eigenvalue weighted by molar-refractivity contribution is 0.136. The van der Waals surface area contributed by atoms with Gasteiger partial charge in [0.1, 0.15) is 5.69 Å². The highest BCUT2D eigenvalue weighted by Crippen LogP contribution is 2.53. The van der Waals surface area contributed by atoms with E-state index in [9.17, 15) is 4.79 Å². The van der Waals surface area contributed by atoms with Crippen molar-refractivity contribution < 1.29 is 0 Å². The van der Waals surface area contributed by atoms with Crippen molar-refractivity contribution in [1.82, 2.24) is 9.97 Å². The van der Waals surface area contributed by atoms with Gasteiger partial charge in [0.05, 0.1) is 6.33 Å². The van der Waals surface area contributed by atoms with Crippen LogP contribution in [-0.2, 0) is 0 Å². The Labute approximate surface area is 113 Å². The van der Waals surface area contributed by atoms with E-state index >= 15 is 0 Å². The summed E-state index contributed by atoms with van der Waals surface area (Å²) in [6.45, 7) is 7.94. The van der Waals surface area contributed by atoms with Crippen molar-refractivity contribution in [1.29, 1.82) is 0 Å². The molecule has 5 heteroatoms. The van der Waals surface area contributed by atoms with E-state index in [1.165, 1.54) is 19.2 Å². The van der Waals surface area contributed by atoms with Crippen LogP contribution < -0.4 is 16.2 Å². The number of hydrogen-bond donors (Lipinski definition) is 2. The van der Waals surface area contributed by atoms with Gasteiger partial charge in [-0.1, -0.05) is 20.8 Å². The van der Waals surface area contributed by atoms with Gasteiger partial charge in [-0.25, -0.2) is 4.98 Å². The summed E-state index contributed by atoms with van der Waals surface area (Å²) in [4.78, 5) is 20.7. The summed E-state index contributed by atoms with van der Waals surface area (Å²) in [6.07, 6.45) is 4.97. The third-order valence-corrected chi connectivity index (χ3v) is 4.55. The van der Waals surface area contributed by atoms with Gasteiger partial charge < -0.3 is 15.6 Å². The number of rotatable bonds is 1. The van der Waals surface area contributed by atoms with Gasteiger partial charge in [-0.15, -0.1) is 0 Å². The molecule has 1 aliphatic heterocycles. The minimum Gasteiger partial charge on any atom is -0.391 e. The maximum Gasteiger partial charge on any atom is 0.276 e. The van der Waals surface area contributed by atoms with Crippen LogP contribution in [-0.4, -0.2) is 22.6 Å². The second-order valence-electron chi connectivity index (χ2n) is 7.31. The SMILES string of the molecule is CC1(C)CC2CC(C)(CN2c2nc[nH]c(=O)c2N)C1. The van der Waals surface area contributed by atoms with Gasteiger partial charge in [-0.3, -0.25) is 4.79 Å². The summed E-state index contributed by atoms with van der Waals surface area (Å²) in [6, 6.07) is 0.449. The molecule has 1 aliphatic carbocycles. The van der Waals surface area contributed by atoms with Crippen LogP contribution in [0, 0.1) is 10.8 Å². The van der Waals surface area contributed by atoms with Gasteiger partial charge in [0.25, 0.3) is 5.56 Å². The number of anilines is 2. The van der Waals surface area contributed by atoms with E-state index in [-0.39, 0.29) is 11.2 Å². The Morgan fingerprint density at radius 1 is 1.42 bits per heavy atom. The van der Waals surface area contributed by atoms with E-state index in [4.69, 9.17) is 5.73 Å². The average Bonchev–Trinajstić information content (AvgIpc) is 2.52. The summed E-state index contributed by atoms with van der Waals surface area (Å²) < 4.78 is 0. The molecule has 104 valence electrons. The average molecular weight is 262 g/mol. The van der Waals surface area contributed by atoms with Crippen LogP contribution in [0.15, 0.2) is 11.1 Å². The number of hydrogen-bond acceptors (Lipinski definition) is 4. The number of nitrogen functional groups attached to an aromatic ring is 1. The summed E-state index contributed by atoms with van der Waals surface area (Å²) in [7, 11) is 0. The zero-order valence-corrected chi connectivity index (χ0v) is 11.9. The first-order valence-electron chi connectivity index (χ1n) is 6.90. The minimum atomic E-state index is -0.240. The standard InChI is InChI=1S/C14H22N4O/c1-13(2)4-9-5-14(3,6-13)7-18(9)11-10(15)12(19)17-8-16-11/h8-9H,4-7,15H2,1-3H3,(H,16,17,19). The predicted molar refractivity (Wildman–Crippen MR) is 76.1 cm³/mol. The van der Waals surface area contributed by atoms with Crippen LogP contribution in [0.1, 0.15) is 40.0 Å². The number of fused-ring (bicyclic) bond motifs is 2. The number of H-pyrrole nitrogens is 1. The van der Waals surface area contributed by atoms with Crippen LogP contribution in [0.2, 0.25) is 0 Å². The van der Waals surface area contributed by atoms with Crippen LogP contribution in [0.5, 0.6) is 0 Å². The van der Waals surface area contributed by atoms with Crippen LogP contribution in [0.4, 0.5) is 11.5 Å². The number of aromatic amines is 1. The molecule has 2 unspecified atom stereocenters. The van der Waals surface area contributed by atoms with Crippen molar-refractivity contribution in [3.8, 4) is 0 Å². The minimum absolute atomic E-state index is 0.240. The van der Waals surface area contributed by atoms with E-state index in [1.54, 1.807) is 0 Å². The lowest BCUT2D eigenvalue weighted by atomic mass is 9.65. The monoisotopic (exact) mass is 262 g/mol. The molecule has 1 aromatic rings. The fourth-order valence-electron chi connectivity index (χ4n) is 4.34. The lowest BCUT2D eigenvalue weighted by Gasteiger charge is -2.39. The van der Waals surface area contributed by atoms with Gasteiger partial charge in [0.15, 0.2) is 5.82 Å². The zero-order chi connectivity index (χ0) is 13.8. The van der Waals surface area contributed by atoms with Gasteiger partial charge in [-0.2, -0.15) is 0 Å². The van der Waals surface area contributed by atoms with E-state index in [0.29, 0.717) is 22.7 Å². The quantitative estimate of drug-likeness (QED) is 0.808. The second-order valence-corrected chi connectivity index (χ2v) is 7.31. The molecule has 1 saturated carbocycles. The third kappa shape index (κ3) is 2.01. The molecule has 19 heavy (non-hydrogen) atoms. The molecule has 1 saturated heterocycles. The molecule has 2 atom stereocenters. The molecule has 2 fully saturated rings. The van der Waals surface area contributed by atoms with E-state index in [1.807, 2.05) is 0 Å². The van der Waals surface area contributed by atoms with Crippen molar-refractivity contribution in [2.75, 3.05) is 17.2 Å². The Kier molecular flexibility index (Phi) is 2.46. The lowest BCUT2D eigenvalue weighted by Crippen LogP contribution is -2.35. The molecule has 0 amide bonds. The Balaban J connectivity index is 2.00. The molecule has 0 radical (unpaired) electrons. The fraction of sp³-hybridized carbons (Fsp3) is 0.714. The third-order valence-electron chi connectivity index (χ3n) is 4.55. The van der Waals surface area contributed by atoms with Gasteiger partial charge in [0, 0.05) is 12.6 Å². The predicted octanol–water partition coefficient (Wildman–Crippen LogP) is 1.76. The van der Waals surface area contributed by atoms with Crippen LogP contribution in [0.3, 0.4) is 0 Å². The van der Waals surface area contributed by atoms with Crippen molar-refractivity contribution in [2.24, 2.45) is 10.8 Å². The number of nitrogens with zero attached hydrogens (tertiary/aromatic N) is 2. The topological polar surface area (TPSA) is 75.0 Å². The molecule has 0 aromatic carbocycles. The highest BCUT2D eigenvalue weighted by atomic mass is 16.1. The first kappa shape index (κ1) is 12.5. The fourth-order valence-corrected chi connectivity index (χ4v) is 4.34. The number of aromatic nitrogens is 2. The Bertz CT molecular complexity index is 565. The van der Waals surface area contributed by atoms with Gasteiger partial charge in [0.2, 0.25) is 0 Å².